The molecule has 1 aromatic heterocycles. The minimum atomic E-state index is -0.528. The van der Waals surface area contributed by atoms with E-state index in [2.05, 4.69) is 14.9 Å². The van der Waals surface area contributed by atoms with E-state index in [0.29, 0.717) is 13.1 Å². The van der Waals surface area contributed by atoms with Crippen LogP contribution in [-0.4, -0.2) is 54.1 Å². The van der Waals surface area contributed by atoms with Gasteiger partial charge in [-0.3, -0.25) is 9.88 Å². The maximum Gasteiger partial charge on any atom is 0.327 e. The summed E-state index contributed by atoms with van der Waals surface area (Å²) in [4.78, 5) is 24.8. The van der Waals surface area contributed by atoms with E-state index in [1.54, 1.807) is 30.7 Å². The molecule has 0 spiro atoms. The van der Waals surface area contributed by atoms with Gasteiger partial charge >= 0.3 is 5.97 Å². The number of nitrogens with zero attached hydrogens (tertiary/aromatic N) is 4. The number of halogens is 1. The number of rotatable bonds is 4. The van der Waals surface area contributed by atoms with E-state index in [-0.39, 0.29) is 11.8 Å². The van der Waals surface area contributed by atoms with Gasteiger partial charge in [0.2, 0.25) is 0 Å². The molecule has 0 aliphatic carbocycles. The highest BCUT2D eigenvalue weighted by Gasteiger charge is 2.31. The molecule has 1 atom stereocenters. The van der Waals surface area contributed by atoms with Gasteiger partial charge < -0.3 is 9.64 Å². The molecule has 2 aromatic rings. The Morgan fingerprint density at radius 3 is 2.46 bits per heavy atom. The van der Waals surface area contributed by atoms with E-state index in [1.165, 1.54) is 19.2 Å². The second-order valence-corrected chi connectivity index (χ2v) is 5.56. The van der Waals surface area contributed by atoms with Crippen LogP contribution in [0.25, 0.3) is 0 Å². The van der Waals surface area contributed by atoms with E-state index >= 15 is 0 Å². The lowest BCUT2D eigenvalue weighted by molar-refractivity contribution is -0.147. The van der Waals surface area contributed by atoms with E-state index in [4.69, 9.17) is 4.74 Å². The minimum absolute atomic E-state index is 0.324. The Morgan fingerprint density at radius 2 is 1.88 bits per heavy atom. The third kappa shape index (κ3) is 3.51. The van der Waals surface area contributed by atoms with Gasteiger partial charge in [0.05, 0.1) is 13.3 Å². The van der Waals surface area contributed by atoms with Crippen molar-refractivity contribution < 1.29 is 13.9 Å². The number of aromatic nitrogens is 2. The van der Waals surface area contributed by atoms with E-state index in [0.717, 1.165) is 24.5 Å². The van der Waals surface area contributed by atoms with Gasteiger partial charge in [-0.15, -0.1) is 0 Å². The van der Waals surface area contributed by atoms with Gasteiger partial charge in [0.1, 0.15) is 17.7 Å². The van der Waals surface area contributed by atoms with Crippen LogP contribution in [0.1, 0.15) is 11.6 Å². The monoisotopic (exact) mass is 330 g/mol. The van der Waals surface area contributed by atoms with Crippen molar-refractivity contribution in [2.24, 2.45) is 0 Å². The maximum atomic E-state index is 13.2. The SMILES string of the molecule is COC(=O)C(c1ccc(F)cc1)N1CCN(c2cnccn2)CC1. The van der Waals surface area contributed by atoms with Gasteiger partial charge in [0.25, 0.3) is 0 Å². The molecule has 7 heteroatoms. The summed E-state index contributed by atoms with van der Waals surface area (Å²) >= 11 is 0. The molecular formula is C17H19FN4O2. The van der Waals surface area contributed by atoms with Gasteiger partial charge in [-0.05, 0) is 17.7 Å². The summed E-state index contributed by atoms with van der Waals surface area (Å²) in [7, 11) is 1.37. The van der Waals surface area contributed by atoms with Crippen LogP contribution in [0.15, 0.2) is 42.9 Å². The number of hydrogen-bond donors (Lipinski definition) is 0. The number of carbonyl (C=O) groups is 1. The molecule has 6 nitrogen and oxygen atoms in total. The first kappa shape index (κ1) is 16.3. The van der Waals surface area contributed by atoms with Crippen molar-refractivity contribution >= 4 is 11.8 Å². The highest BCUT2D eigenvalue weighted by atomic mass is 19.1. The summed E-state index contributed by atoms with van der Waals surface area (Å²) in [6, 6.07) is 5.46. The van der Waals surface area contributed by atoms with E-state index < -0.39 is 6.04 Å². The quantitative estimate of drug-likeness (QED) is 0.795. The lowest BCUT2D eigenvalue weighted by Gasteiger charge is -2.38. The molecule has 126 valence electrons. The van der Waals surface area contributed by atoms with Crippen LogP contribution in [0, 0.1) is 5.82 Å². The van der Waals surface area contributed by atoms with Crippen molar-refractivity contribution in [2.75, 3.05) is 38.2 Å². The minimum Gasteiger partial charge on any atom is -0.468 e. The summed E-state index contributed by atoms with van der Waals surface area (Å²) in [5.74, 6) is 0.165. The first-order valence-corrected chi connectivity index (χ1v) is 7.77. The molecule has 1 fully saturated rings. The van der Waals surface area contributed by atoms with Crippen molar-refractivity contribution in [2.45, 2.75) is 6.04 Å². The van der Waals surface area contributed by atoms with Crippen LogP contribution in [0.2, 0.25) is 0 Å². The zero-order valence-electron chi connectivity index (χ0n) is 13.4. The van der Waals surface area contributed by atoms with Gasteiger partial charge in [0, 0.05) is 38.6 Å². The molecule has 3 rings (SSSR count). The average molecular weight is 330 g/mol. The number of methoxy groups -OCH3 is 1. The normalized spacial score (nSPS) is 16.7. The fourth-order valence-corrected chi connectivity index (χ4v) is 2.92. The summed E-state index contributed by atoms with van der Waals surface area (Å²) in [6.07, 6.45) is 5.03. The summed E-state index contributed by atoms with van der Waals surface area (Å²) < 4.78 is 18.1. The lowest BCUT2D eigenvalue weighted by atomic mass is 10.0. The average Bonchev–Trinajstić information content (AvgIpc) is 2.64. The molecule has 0 bridgehead atoms. The first-order chi connectivity index (χ1) is 11.7. The predicted molar refractivity (Wildman–Crippen MR) is 87.0 cm³/mol. The van der Waals surface area contributed by atoms with Crippen molar-refractivity contribution in [3.63, 3.8) is 0 Å². The van der Waals surface area contributed by atoms with Crippen LogP contribution in [-0.2, 0) is 9.53 Å². The fraction of sp³-hybridized carbons (Fsp3) is 0.353. The smallest absolute Gasteiger partial charge is 0.327 e. The Hall–Kier alpha value is -2.54. The number of ether oxygens (including phenoxy) is 1. The molecule has 1 aliphatic rings. The molecule has 0 N–H and O–H groups in total. The molecule has 0 saturated carbocycles. The number of anilines is 1. The van der Waals surface area contributed by atoms with Gasteiger partial charge in [-0.2, -0.15) is 0 Å². The Morgan fingerprint density at radius 1 is 1.17 bits per heavy atom. The van der Waals surface area contributed by atoms with Crippen LogP contribution in [0.4, 0.5) is 10.2 Å². The first-order valence-electron chi connectivity index (χ1n) is 7.77. The number of piperazine rings is 1. The lowest BCUT2D eigenvalue weighted by Crippen LogP contribution is -2.49. The zero-order chi connectivity index (χ0) is 16.9. The van der Waals surface area contributed by atoms with Gasteiger partial charge in [0.15, 0.2) is 0 Å². The largest absolute Gasteiger partial charge is 0.468 e. The highest BCUT2D eigenvalue weighted by Crippen LogP contribution is 2.25. The zero-order valence-corrected chi connectivity index (χ0v) is 13.4. The third-order valence-corrected chi connectivity index (χ3v) is 4.16. The summed E-state index contributed by atoms with van der Waals surface area (Å²) in [5, 5.41) is 0. The Kier molecular flexibility index (Phi) is 5.00. The van der Waals surface area contributed by atoms with Crippen LogP contribution in [0.5, 0.6) is 0 Å². The molecule has 1 saturated heterocycles. The van der Waals surface area contributed by atoms with Crippen LogP contribution >= 0.6 is 0 Å². The molecule has 2 heterocycles. The number of benzene rings is 1. The second-order valence-electron chi connectivity index (χ2n) is 5.56. The Bertz CT molecular complexity index is 673. The summed E-state index contributed by atoms with van der Waals surface area (Å²) in [6.45, 7) is 2.81. The maximum absolute atomic E-state index is 13.2. The standard InChI is InChI=1S/C17H19FN4O2/c1-24-17(23)16(13-2-4-14(18)5-3-13)22-10-8-21(9-11-22)15-12-19-6-7-20-15/h2-7,12,16H,8-11H2,1H3. The second kappa shape index (κ2) is 7.35. The van der Waals surface area contributed by atoms with Gasteiger partial charge in [-0.25, -0.2) is 14.2 Å². The molecule has 0 amide bonds. The number of esters is 1. The fourth-order valence-electron chi connectivity index (χ4n) is 2.92. The molecule has 24 heavy (non-hydrogen) atoms. The molecule has 1 unspecified atom stereocenters. The van der Waals surface area contributed by atoms with Crippen molar-refractivity contribution in [1.82, 2.24) is 14.9 Å². The Labute approximate surface area is 139 Å². The highest BCUT2D eigenvalue weighted by molar-refractivity contribution is 5.77. The summed E-state index contributed by atoms with van der Waals surface area (Å²) in [5.41, 5.74) is 0.733. The third-order valence-electron chi connectivity index (χ3n) is 4.16. The van der Waals surface area contributed by atoms with Crippen molar-refractivity contribution in [3.05, 3.63) is 54.2 Å². The number of carbonyl (C=O) groups excluding carboxylic acids is 1. The predicted octanol–water partition coefficient (Wildman–Crippen LogP) is 1.65. The van der Waals surface area contributed by atoms with Crippen molar-refractivity contribution in [3.8, 4) is 0 Å². The van der Waals surface area contributed by atoms with Crippen LogP contribution in [0.3, 0.4) is 0 Å². The van der Waals surface area contributed by atoms with Gasteiger partial charge in [-0.1, -0.05) is 12.1 Å². The molecule has 1 aliphatic heterocycles. The molecular weight excluding hydrogens is 311 g/mol. The molecule has 1 aromatic carbocycles. The topological polar surface area (TPSA) is 58.6 Å². The molecule has 0 radical (unpaired) electrons. The van der Waals surface area contributed by atoms with E-state index in [9.17, 15) is 9.18 Å². The van der Waals surface area contributed by atoms with Crippen molar-refractivity contribution in [1.29, 1.82) is 0 Å². The van der Waals surface area contributed by atoms with Crippen LogP contribution < -0.4 is 4.90 Å². The Balaban J connectivity index is 1.73. The van der Waals surface area contributed by atoms with E-state index in [1.807, 2.05) is 4.90 Å². The number of hydrogen-bond acceptors (Lipinski definition) is 6.